The molecule has 1 aromatic heterocycles. The minimum atomic E-state index is -0.142. The number of nitrogens with zero attached hydrogens (tertiary/aromatic N) is 1. The second-order valence-electron chi connectivity index (χ2n) is 3.10. The Hall–Kier alpha value is -1.64. The molecule has 1 heterocycles. The van der Waals surface area contributed by atoms with Gasteiger partial charge in [-0.3, -0.25) is 9.78 Å². The molecule has 1 unspecified atom stereocenters. The predicted octanol–water partition coefficient (Wildman–Crippen LogP) is 1.52. The Morgan fingerprint density at radius 3 is 2.86 bits per heavy atom. The molecule has 0 aliphatic rings. The first kappa shape index (κ1) is 10.4. The zero-order valence-electron chi connectivity index (χ0n) is 8.23. The molecule has 1 N–H and O–H groups in total. The summed E-state index contributed by atoms with van der Waals surface area (Å²) in [6.07, 6.45) is 5.04. The summed E-state index contributed by atoms with van der Waals surface area (Å²) in [5.41, 5.74) is 1.05. The van der Waals surface area contributed by atoms with Crippen molar-refractivity contribution in [3.05, 3.63) is 42.7 Å². The smallest absolute Gasteiger partial charge is 0.226 e. The van der Waals surface area contributed by atoms with Gasteiger partial charge in [-0.2, -0.15) is 0 Å². The third kappa shape index (κ3) is 3.01. The first-order valence-electron chi connectivity index (χ1n) is 4.53. The Kier molecular flexibility index (Phi) is 3.85. The van der Waals surface area contributed by atoms with Crippen LogP contribution >= 0.6 is 0 Å². The van der Waals surface area contributed by atoms with Crippen molar-refractivity contribution in [2.75, 3.05) is 0 Å². The number of pyridine rings is 1. The molecule has 0 saturated carbocycles. The van der Waals surface area contributed by atoms with E-state index in [1.165, 1.54) is 0 Å². The lowest BCUT2D eigenvalue weighted by molar-refractivity contribution is -0.123. The fourth-order valence-corrected chi connectivity index (χ4v) is 0.958. The van der Waals surface area contributed by atoms with Crippen molar-refractivity contribution < 1.29 is 4.79 Å². The van der Waals surface area contributed by atoms with Crippen molar-refractivity contribution in [3.63, 3.8) is 0 Å². The molecule has 0 fully saturated rings. The number of hydrogen-bond acceptors (Lipinski definition) is 2. The molecule has 0 spiro atoms. The third-order valence-corrected chi connectivity index (χ3v) is 1.98. The highest BCUT2D eigenvalue weighted by molar-refractivity contribution is 5.79. The number of nitrogens with one attached hydrogen (secondary N) is 1. The molecule has 1 amide bonds. The van der Waals surface area contributed by atoms with Gasteiger partial charge >= 0.3 is 0 Å². The maximum absolute atomic E-state index is 11.3. The maximum Gasteiger partial charge on any atom is 0.226 e. The van der Waals surface area contributed by atoms with Gasteiger partial charge in [-0.1, -0.05) is 13.0 Å². The van der Waals surface area contributed by atoms with Crippen LogP contribution in [0.3, 0.4) is 0 Å². The van der Waals surface area contributed by atoms with Crippen LogP contribution in [0.4, 0.5) is 0 Å². The van der Waals surface area contributed by atoms with Gasteiger partial charge in [0.25, 0.3) is 0 Å². The van der Waals surface area contributed by atoms with E-state index in [1.54, 1.807) is 18.5 Å². The molecule has 0 radical (unpaired) electrons. The van der Waals surface area contributed by atoms with E-state index in [4.69, 9.17) is 0 Å². The molecule has 1 aromatic rings. The summed E-state index contributed by atoms with van der Waals surface area (Å²) in [5, 5.41) is 2.81. The molecule has 1 rings (SSSR count). The lowest BCUT2D eigenvalue weighted by atomic mass is 10.1. The van der Waals surface area contributed by atoms with E-state index < -0.39 is 0 Å². The summed E-state index contributed by atoms with van der Waals surface area (Å²) in [6, 6.07) is 3.75. The highest BCUT2D eigenvalue weighted by atomic mass is 16.1. The number of carbonyl (C=O) groups excluding carboxylic acids is 1. The van der Waals surface area contributed by atoms with Crippen LogP contribution < -0.4 is 5.32 Å². The van der Waals surface area contributed by atoms with Crippen LogP contribution in [-0.4, -0.2) is 10.9 Å². The Labute approximate surface area is 83.9 Å². The summed E-state index contributed by atoms with van der Waals surface area (Å²) >= 11 is 0. The predicted molar refractivity (Wildman–Crippen MR) is 55.4 cm³/mol. The summed E-state index contributed by atoms with van der Waals surface area (Å²) in [4.78, 5) is 15.2. The first-order valence-corrected chi connectivity index (χ1v) is 4.53. The molecule has 0 aliphatic heterocycles. The zero-order chi connectivity index (χ0) is 10.4. The monoisotopic (exact) mass is 190 g/mol. The number of aromatic nitrogens is 1. The molecule has 0 bridgehead atoms. The van der Waals surface area contributed by atoms with Gasteiger partial charge < -0.3 is 5.32 Å². The van der Waals surface area contributed by atoms with Crippen molar-refractivity contribution in [1.82, 2.24) is 10.3 Å². The highest BCUT2D eigenvalue weighted by Crippen LogP contribution is 1.98. The average Bonchev–Trinajstić information content (AvgIpc) is 2.26. The van der Waals surface area contributed by atoms with E-state index >= 15 is 0 Å². The number of hydrogen-bond donors (Lipinski definition) is 1. The van der Waals surface area contributed by atoms with Crippen LogP contribution in [0.25, 0.3) is 0 Å². The molecule has 3 heteroatoms. The van der Waals surface area contributed by atoms with Crippen molar-refractivity contribution in [3.8, 4) is 0 Å². The Morgan fingerprint density at radius 1 is 1.64 bits per heavy atom. The van der Waals surface area contributed by atoms with Crippen molar-refractivity contribution in [2.24, 2.45) is 5.92 Å². The number of rotatable bonds is 4. The Balaban J connectivity index is 2.42. The summed E-state index contributed by atoms with van der Waals surface area (Å²) in [6.45, 7) is 5.92. The minimum Gasteiger partial charge on any atom is -0.352 e. The fraction of sp³-hybridized carbons (Fsp3) is 0.273. The highest BCUT2D eigenvalue weighted by Gasteiger charge is 2.07. The quantitative estimate of drug-likeness (QED) is 0.731. The van der Waals surface area contributed by atoms with Gasteiger partial charge in [0.1, 0.15) is 0 Å². The van der Waals surface area contributed by atoms with Crippen LogP contribution in [0.2, 0.25) is 0 Å². The second kappa shape index (κ2) is 5.17. The lowest BCUT2D eigenvalue weighted by Gasteiger charge is -2.07. The summed E-state index contributed by atoms with van der Waals surface area (Å²) in [5.74, 6) is -0.145. The van der Waals surface area contributed by atoms with E-state index in [0.29, 0.717) is 6.54 Å². The molecule has 0 aliphatic carbocycles. The van der Waals surface area contributed by atoms with E-state index in [9.17, 15) is 4.79 Å². The second-order valence-corrected chi connectivity index (χ2v) is 3.10. The van der Waals surface area contributed by atoms with Gasteiger partial charge in [-0.25, -0.2) is 0 Å². The first-order chi connectivity index (χ1) is 6.74. The van der Waals surface area contributed by atoms with Gasteiger partial charge in [0.05, 0.1) is 5.92 Å². The van der Waals surface area contributed by atoms with Gasteiger partial charge in [0.2, 0.25) is 5.91 Å². The molecular formula is C11H14N2O. The van der Waals surface area contributed by atoms with Gasteiger partial charge in [0.15, 0.2) is 0 Å². The third-order valence-electron chi connectivity index (χ3n) is 1.98. The van der Waals surface area contributed by atoms with E-state index in [0.717, 1.165) is 5.56 Å². The zero-order valence-corrected chi connectivity index (χ0v) is 8.23. The lowest BCUT2D eigenvalue weighted by Crippen LogP contribution is -2.27. The Morgan fingerprint density at radius 2 is 2.29 bits per heavy atom. The molecular weight excluding hydrogens is 176 g/mol. The van der Waals surface area contributed by atoms with Crippen LogP contribution in [-0.2, 0) is 11.3 Å². The van der Waals surface area contributed by atoms with E-state index in [2.05, 4.69) is 16.9 Å². The van der Waals surface area contributed by atoms with Gasteiger partial charge in [0, 0.05) is 18.9 Å². The van der Waals surface area contributed by atoms with Crippen LogP contribution in [0.5, 0.6) is 0 Å². The summed E-state index contributed by atoms with van der Waals surface area (Å²) in [7, 11) is 0. The van der Waals surface area contributed by atoms with Crippen molar-refractivity contribution in [1.29, 1.82) is 0 Å². The van der Waals surface area contributed by atoms with Gasteiger partial charge in [-0.05, 0) is 17.7 Å². The maximum atomic E-state index is 11.3. The normalized spacial score (nSPS) is 11.8. The topological polar surface area (TPSA) is 42.0 Å². The van der Waals surface area contributed by atoms with Gasteiger partial charge in [-0.15, -0.1) is 6.58 Å². The molecule has 0 saturated heterocycles. The largest absolute Gasteiger partial charge is 0.352 e. The van der Waals surface area contributed by atoms with E-state index in [1.807, 2.05) is 19.1 Å². The fourth-order valence-electron chi connectivity index (χ4n) is 0.958. The Bertz CT molecular complexity index is 308. The minimum absolute atomic E-state index is 0.00295. The average molecular weight is 190 g/mol. The van der Waals surface area contributed by atoms with Crippen molar-refractivity contribution >= 4 is 5.91 Å². The molecule has 0 aromatic carbocycles. The van der Waals surface area contributed by atoms with Crippen molar-refractivity contribution in [2.45, 2.75) is 13.5 Å². The molecule has 74 valence electrons. The molecule has 14 heavy (non-hydrogen) atoms. The molecule has 3 nitrogen and oxygen atoms in total. The van der Waals surface area contributed by atoms with Crippen LogP contribution in [0.15, 0.2) is 37.2 Å². The molecule has 1 atom stereocenters. The van der Waals surface area contributed by atoms with E-state index in [-0.39, 0.29) is 11.8 Å². The van der Waals surface area contributed by atoms with Crippen LogP contribution in [0, 0.1) is 5.92 Å². The number of amides is 1. The SMILES string of the molecule is C=CC(C)C(=O)NCc1ccncc1. The number of carbonyl (C=O) groups is 1. The standard InChI is InChI=1S/C11H14N2O/c1-3-9(2)11(14)13-8-10-4-6-12-7-5-10/h3-7,9H,1,8H2,2H3,(H,13,14). The van der Waals surface area contributed by atoms with Crippen LogP contribution in [0.1, 0.15) is 12.5 Å². The summed E-state index contributed by atoms with van der Waals surface area (Å²) < 4.78 is 0.